The number of aliphatic carboxylic acids is 1. The van der Waals surface area contributed by atoms with Crippen molar-refractivity contribution in [1.82, 2.24) is 0 Å². The summed E-state index contributed by atoms with van der Waals surface area (Å²) in [7, 11) is -1.19. The van der Waals surface area contributed by atoms with Crippen molar-refractivity contribution in [1.29, 1.82) is 0 Å². The van der Waals surface area contributed by atoms with Gasteiger partial charge >= 0.3 is 5.97 Å². The molecule has 0 rings (SSSR count). The molecule has 0 aliphatic carbocycles. The Kier molecular flexibility index (Phi) is 5.11. The molecule has 2 unspecified atom stereocenters. The predicted molar refractivity (Wildman–Crippen MR) is 45.0 cm³/mol. The molecule has 0 aliphatic heterocycles. The van der Waals surface area contributed by atoms with Gasteiger partial charge in [-0.1, -0.05) is 20.3 Å². The van der Waals surface area contributed by atoms with Gasteiger partial charge in [0.25, 0.3) is 0 Å². The first kappa shape index (κ1) is 10.6. The summed E-state index contributed by atoms with van der Waals surface area (Å²) in [4.78, 5) is 10.5. The summed E-state index contributed by atoms with van der Waals surface area (Å²) in [6, 6.07) is 0. The number of rotatable bonds is 5. The van der Waals surface area contributed by atoms with E-state index >= 15 is 0 Å². The molecule has 0 aromatic carbocycles. The van der Waals surface area contributed by atoms with Crippen LogP contribution in [0.4, 0.5) is 0 Å². The molecule has 1 N–H and O–H groups in total. The minimum Gasteiger partial charge on any atom is -0.480 e. The largest absolute Gasteiger partial charge is 0.480 e. The third kappa shape index (κ3) is 3.51. The van der Waals surface area contributed by atoms with Crippen LogP contribution in [-0.4, -0.2) is 26.3 Å². The molecule has 0 fully saturated rings. The van der Waals surface area contributed by atoms with Gasteiger partial charge in [-0.25, -0.2) is 0 Å². The molecule has 4 heteroatoms. The summed E-state index contributed by atoms with van der Waals surface area (Å²) in [5.74, 6) is -0.510. The van der Waals surface area contributed by atoms with E-state index in [4.69, 9.17) is 5.11 Å². The van der Waals surface area contributed by atoms with Gasteiger partial charge < -0.3 is 5.11 Å². The van der Waals surface area contributed by atoms with E-state index in [2.05, 4.69) is 0 Å². The molecular weight excluding hydrogens is 164 g/mol. The van der Waals surface area contributed by atoms with Crippen molar-refractivity contribution in [2.45, 2.75) is 31.9 Å². The highest BCUT2D eigenvalue weighted by Crippen LogP contribution is 2.05. The maximum atomic E-state index is 11.1. The maximum Gasteiger partial charge on any atom is 0.319 e. The minimum absolute atomic E-state index is 0.428. The van der Waals surface area contributed by atoms with Gasteiger partial charge in [-0.15, -0.1) is 0 Å². The lowest BCUT2D eigenvalue weighted by Gasteiger charge is -2.08. The second-order valence-electron chi connectivity index (χ2n) is 2.28. The number of carboxylic acids is 1. The van der Waals surface area contributed by atoms with Crippen molar-refractivity contribution < 1.29 is 14.1 Å². The predicted octanol–water partition coefficient (Wildman–Crippen LogP) is 1.01. The molecule has 0 radical (unpaired) electrons. The van der Waals surface area contributed by atoms with Crippen molar-refractivity contribution in [3.63, 3.8) is 0 Å². The summed E-state index contributed by atoms with van der Waals surface area (Å²) >= 11 is 0. The van der Waals surface area contributed by atoms with Crippen molar-refractivity contribution >= 4 is 16.8 Å². The zero-order valence-corrected chi connectivity index (χ0v) is 7.69. The molecular formula is C7H14O3S. The quantitative estimate of drug-likeness (QED) is 0.683. The van der Waals surface area contributed by atoms with Crippen molar-refractivity contribution in [3.05, 3.63) is 0 Å². The first-order valence-electron chi connectivity index (χ1n) is 3.73. The van der Waals surface area contributed by atoms with Crippen LogP contribution in [-0.2, 0) is 15.6 Å². The first-order chi connectivity index (χ1) is 5.13. The first-order valence-corrected chi connectivity index (χ1v) is 5.11. The Morgan fingerprint density at radius 1 is 1.55 bits per heavy atom. The second kappa shape index (κ2) is 5.29. The van der Waals surface area contributed by atoms with Crippen LogP contribution in [0.1, 0.15) is 26.7 Å². The van der Waals surface area contributed by atoms with E-state index in [0.717, 1.165) is 6.42 Å². The minimum atomic E-state index is -1.19. The van der Waals surface area contributed by atoms with Crippen LogP contribution in [0, 0.1) is 0 Å². The van der Waals surface area contributed by atoms with Crippen LogP contribution in [0.3, 0.4) is 0 Å². The van der Waals surface area contributed by atoms with Gasteiger partial charge in [0.2, 0.25) is 0 Å². The highest BCUT2D eigenvalue weighted by atomic mass is 32.2. The van der Waals surface area contributed by atoms with E-state index in [1.165, 1.54) is 0 Å². The summed E-state index contributed by atoms with van der Waals surface area (Å²) < 4.78 is 11.1. The summed E-state index contributed by atoms with van der Waals surface area (Å²) in [5, 5.41) is 7.95. The Morgan fingerprint density at radius 2 is 2.09 bits per heavy atom. The van der Waals surface area contributed by atoms with Gasteiger partial charge in [0.05, 0.1) is 0 Å². The van der Waals surface area contributed by atoms with E-state index in [-0.39, 0.29) is 0 Å². The van der Waals surface area contributed by atoms with E-state index in [1.54, 1.807) is 6.92 Å². The van der Waals surface area contributed by atoms with Gasteiger partial charge in [-0.2, -0.15) is 0 Å². The molecule has 0 saturated heterocycles. The smallest absolute Gasteiger partial charge is 0.319 e. The molecule has 0 aromatic rings. The van der Waals surface area contributed by atoms with Crippen LogP contribution in [0.5, 0.6) is 0 Å². The third-order valence-corrected chi connectivity index (χ3v) is 3.07. The van der Waals surface area contributed by atoms with Crippen molar-refractivity contribution in [2.24, 2.45) is 0 Å². The molecule has 0 amide bonds. The molecule has 0 heterocycles. The van der Waals surface area contributed by atoms with Gasteiger partial charge in [0.1, 0.15) is 5.25 Å². The topological polar surface area (TPSA) is 54.4 Å². The second-order valence-corrected chi connectivity index (χ2v) is 4.19. The van der Waals surface area contributed by atoms with Gasteiger partial charge in [0, 0.05) is 16.6 Å². The van der Waals surface area contributed by atoms with E-state index < -0.39 is 22.0 Å². The fourth-order valence-corrected chi connectivity index (χ4v) is 1.96. The molecule has 3 nitrogen and oxygen atoms in total. The van der Waals surface area contributed by atoms with E-state index in [1.807, 2.05) is 6.92 Å². The number of hydrogen-bond acceptors (Lipinski definition) is 2. The van der Waals surface area contributed by atoms with Crippen LogP contribution < -0.4 is 0 Å². The lowest BCUT2D eigenvalue weighted by Crippen LogP contribution is -2.26. The Hall–Kier alpha value is -0.380. The number of carboxylic acid groups (broad SMARTS) is 1. The monoisotopic (exact) mass is 178 g/mol. The van der Waals surface area contributed by atoms with Gasteiger partial charge in [0.15, 0.2) is 0 Å². The third-order valence-electron chi connectivity index (χ3n) is 1.43. The molecule has 0 bridgehead atoms. The lowest BCUT2D eigenvalue weighted by molar-refractivity contribution is -0.136. The fourth-order valence-electron chi connectivity index (χ4n) is 0.831. The van der Waals surface area contributed by atoms with Crippen LogP contribution >= 0.6 is 0 Å². The molecule has 0 saturated carbocycles. The number of carbonyl (C=O) groups is 1. The molecule has 0 aromatic heterocycles. The zero-order valence-electron chi connectivity index (χ0n) is 6.87. The molecule has 11 heavy (non-hydrogen) atoms. The Labute approximate surface area is 69.3 Å². The Morgan fingerprint density at radius 3 is 2.36 bits per heavy atom. The Bertz CT molecular complexity index is 156. The van der Waals surface area contributed by atoms with Crippen molar-refractivity contribution in [2.75, 3.05) is 5.75 Å². The van der Waals surface area contributed by atoms with Crippen LogP contribution in [0.25, 0.3) is 0 Å². The highest BCUT2D eigenvalue weighted by Gasteiger charge is 2.21. The molecule has 0 aliphatic rings. The van der Waals surface area contributed by atoms with Crippen LogP contribution in [0.2, 0.25) is 0 Å². The SMILES string of the molecule is CCCC(C(=O)O)S(=O)CC. The van der Waals surface area contributed by atoms with E-state index in [9.17, 15) is 9.00 Å². The van der Waals surface area contributed by atoms with Gasteiger partial charge in [-0.05, 0) is 6.42 Å². The Balaban J connectivity index is 4.09. The van der Waals surface area contributed by atoms with E-state index in [0.29, 0.717) is 12.2 Å². The summed E-state index contributed by atoms with van der Waals surface area (Å²) in [6.07, 6.45) is 1.28. The van der Waals surface area contributed by atoms with Crippen LogP contribution in [0.15, 0.2) is 0 Å². The fraction of sp³-hybridized carbons (Fsp3) is 0.857. The maximum absolute atomic E-state index is 11.1. The molecule has 2 atom stereocenters. The standard InChI is InChI=1S/C7H14O3S/c1-3-5-6(7(8)9)11(10)4-2/h6H,3-5H2,1-2H3,(H,8,9). The van der Waals surface area contributed by atoms with Crippen molar-refractivity contribution in [3.8, 4) is 0 Å². The number of hydrogen-bond donors (Lipinski definition) is 1. The average Bonchev–Trinajstić information content (AvgIpc) is 1.98. The average molecular weight is 178 g/mol. The van der Waals surface area contributed by atoms with Gasteiger partial charge in [-0.3, -0.25) is 9.00 Å². The summed E-state index contributed by atoms with van der Waals surface area (Å²) in [5.41, 5.74) is 0. The summed E-state index contributed by atoms with van der Waals surface area (Å²) in [6.45, 7) is 3.63. The highest BCUT2D eigenvalue weighted by molar-refractivity contribution is 7.86. The molecule has 66 valence electrons. The zero-order chi connectivity index (χ0) is 8.85. The molecule has 0 spiro atoms. The lowest BCUT2D eigenvalue weighted by atomic mass is 10.2. The normalized spacial score (nSPS) is 15.8.